The van der Waals surface area contributed by atoms with Crippen LogP contribution in [0.4, 0.5) is 0 Å². The topological polar surface area (TPSA) is 103 Å². The predicted molar refractivity (Wildman–Crippen MR) is 176 cm³/mol. The Bertz CT molecular complexity index is 871. The molecular weight excluding hydrogens is 556 g/mol. The zero-order valence-electron chi connectivity index (χ0n) is 28.7. The highest BCUT2D eigenvalue weighted by molar-refractivity contribution is 5.82. The molecule has 0 aromatic carbocycles. The first kappa shape index (κ1) is 38.3. The minimum Gasteiger partial charge on any atom is -0.460 e. The summed E-state index contributed by atoms with van der Waals surface area (Å²) in [5.41, 5.74) is -0.475. The van der Waals surface area contributed by atoms with Crippen molar-refractivity contribution in [3.8, 4) is 0 Å². The van der Waals surface area contributed by atoms with Gasteiger partial charge in [0.05, 0.1) is 19.1 Å². The van der Waals surface area contributed by atoms with Gasteiger partial charge in [0.15, 0.2) is 5.79 Å². The van der Waals surface area contributed by atoms with Crippen LogP contribution >= 0.6 is 0 Å². The fourth-order valence-electron chi connectivity index (χ4n) is 5.97. The van der Waals surface area contributed by atoms with E-state index in [4.69, 9.17) is 14.2 Å². The molecule has 0 spiro atoms. The molecule has 2 rings (SSSR count). The highest BCUT2D eigenvalue weighted by Gasteiger charge is 2.45. The van der Waals surface area contributed by atoms with Gasteiger partial charge in [-0.2, -0.15) is 0 Å². The lowest BCUT2D eigenvalue weighted by Gasteiger charge is -2.44. The lowest BCUT2D eigenvalue weighted by atomic mass is 9.85. The number of esters is 1. The third-order valence-corrected chi connectivity index (χ3v) is 8.77. The Morgan fingerprint density at radius 2 is 1.43 bits per heavy atom. The Morgan fingerprint density at radius 1 is 0.818 bits per heavy atom. The summed E-state index contributed by atoms with van der Waals surface area (Å²) in [5, 5.41) is 5.96. The number of rotatable bonds is 21. The van der Waals surface area contributed by atoms with Crippen LogP contribution < -0.4 is 10.6 Å². The van der Waals surface area contributed by atoms with Crippen molar-refractivity contribution in [2.24, 2.45) is 5.41 Å². The van der Waals surface area contributed by atoms with E-state index in [-0.39, 0.29) is 42.9 Å². The Labute approximate surface area is 268 Å². The van der Waals surface area contributed by atoms with E-state index in [1.54, 1.807) is 13.8 Å². The summed E-state index contributed by atoms with van der Waals surface area (Å²) in [5.74, 6) is -1.40. The molecule has 8 nitrogen and oxygen atoms in total. The maximum absolute atomic E-state index is 12.8. The number of unbranched alkanes of at least 4 members (excludes halogenated alkanes) is 11. The van der Waals surface area contributed by atoms with Crippen molar-refractivity contribution in [3.63, 3.8) is 0 Å². The Morgan fingerprint density at radius 3 is 2.11 bits per heavy atom. The fraction of sp³-hybridized carbons (Fsp3) is 0.861. The minimum atomic E-state index is -0.832. The zero-order valence-corrected chi connectivity index (χ0v) is 28.7. The number of ether oxygens (including phenoxy) is 3. The van der Waals surface area contributed by atoms with Gasteiger partial charge in [0, 0.05) is 18.4 Å². The molecule has 254 valence electrons. The normalized spacial score (nSPS) is 22.9. The third kappa shape index (κ3) is 15.9. The molecule has 2 amide bonds. The molecule has 8 heteroatoms. The van der Waals surface area contributed by atoms with Crippen molar-refractivity contribution in [3.05, 3.63) is 12.2 Å². The standard InChI is InChI=1S/C36H64N2O6/c1-6-7-8-9-10-11-12-13-14-15-16-17-18-19-20-25-31(39)38-29-23-21-22-24-30(29)43-32(40)26-27-37-34(41)33-35(2,3)28-42-36(4,5)44-33/h13-14,29-30,33H,6-12,15-28H2,1-5H3,(H,37,41)(H,38,39)/b14-13-/t29-,30-,33?/m1/s1. The molecule has 0 aromatic heterocycles. The van der Waals surface area contributed by atoms with E-state index in [1.807, 2.05) is 13.8 Å². The molecular formula is C36H64N2O6. The van der Waals surface area contributed by atoms with Crippen LogP contribution in [0.15, 0.2) is 12.2 Å². The summed E-state index contributed by atoms with van der Waals surface area (Å²) in [6.07, 6.45) is 23.9. The molecule has 1 heterocycles. The van der Waals surface area contributed by atoms with Gasteiger partial charge in [-0.1, -0.05) is 90.7 Å². The molecule has 2 N–H and O–H groups in total. The number of allylic oxidation sites excluding steroid dienone is 2. The molecule has 0 radical (unpaired) electrons. The van der Waals surface area contributed by atoms with Crippen molar-refractivity contribution in [1.82, 2.24) is 10.6 Å². The van der Waals surface area contributed by atoms with E-state index in [1.165, 1.54) is 57.8 Å². The number of amides is 2. The van der Waals surface area contributed by atoms with Crippen molar-refractivity contribution < 1.29 is 28.6 Å². The van der Waals surface area contributed by atoms with E-state index in [0.29, 0.717) is 13.0 Å². The van der Waals surface area contributed by atoms with Crippen LogP contribution in [-0.2, 0) is 28.6 Å². The highest BCUT2D eigenvalue weighted by atomic mass is 16.7. The minimum absolute atomic E-state index is 0.0461. The largest absolute Gasteiger partial charge is 0.460 e. The van der Waals surface area contributed by atoms with Crippen LogP contribution in [-0.4, -0.2) is 55.0 Å². The fourth-order valence-corrected chi connectivity index (χ4v) is 5.97. The molecule has 2 aliphatic rings. The molecule has 1 aliphatic heterocycles. The molecule has 1 unspecified atom stereocenters. The number of hydrogen-bond donors (Lipinski definition) is 2. The van der Waals surface area contributed by atoms with Crippen LogP contribution in [0.5, 0.6) is 0 Å². The second-order valence-corrected chi connectivity index (χ2v) is 14.0. The molecule has 1 saturated carbocycles. The molecule has 44 heavy (non-hydrogen) atoms. The van der Waals surface area contributed by atoms with Gasteiger partial charge in [0.2, 0.25) is 11.8 Å². The average Bonchev–Trinajstić information content (AvgIpc) is 2.97. The number of carbonyl (C=O) groups is 3. The highest BCUT2D eigenvalue weighted by Crippen LogP contribution is 2.34. The van der Waals surface area contributed by atoms with Gasteiger partial charge >= 0.3 is 5.97 Å². The van der Waals surface area contributed by atoms with E-state index in [9.17, 15) is 14.4 Å². The SMILES string of the molecule is CCCCCCCC/C=C\CCCCCCCC(=O)N[C@@H]1CCCC[C@H]1OC(=O)CCNC(=O)C1OC(C)(C)OCC1(C)C. The summed E-state index contributed by atoms with van der Waals surface area (Å²) in [4.78, 5) is 38.1. The second kappa shape index (κ2) is 21.0. The predicted octanol–water partition coefficient (Wildman–Crippen LogP) is 7.68. The van der Waals surface area contributed by atoms with Crippen molar-refractivity contribution in [2.75, 3.05) is 13.2 Å². The maximum atomic E-state index is 12.8. The summed E-state index contributed by atoms with van der Waals surface area (Å²) < 4.78 is 17.3. The second-order valence-electron chi connectivity index (χ2n) is 14.0. The van der Waals surface area contributed by atoms with E-state index in [0.717, 1.165) is 51.4 Å². The van der Waals surface area contributed by atoms with Gasteiger partial charge in [0.25, 0.3) is 0 Å². The van der Waals surface area contributed by atoms with Gasteiger partial charge < -0.3 is 24.8 Å². The lowest BCUT2D eigenvalue weighted by Crippen LogP contribution is -2.56. The first-order valence-electron chi connectivity index (χ1n) is 17.8. The van der Waals surface area contributed by atoms with E-state index in [2.05, 4.69) is 29.7 Å². The van der Waals surface area contributed by atoms with Crippen molar-refractivity contribution >= 4 is 17.8 Å². The molecule has 0 aromatic rings. The summed E-state index contributed by atoms with van der Waals surface area (Å²) in [6, 6.07) is -0.142. The average molecular weight is 621 g/mol. The number of carbonyl (C=O) groups excluding carboxylic acids is 3. The van der Waals surface area contributed by atoms with E-state index >= 15 is 0 Å². The van der Waals surface area contributed by atoms with Crippen LogP contribution in [0.1, 0.15) is 157 Å². The van der Waals surface area contributed by atoms with Gasteiger partial charge in [-0.05, 0) is 65.2 Å². The lowest BCUT2D eigenvalue weighted by molar-refractivity contribution is -0.304. The van der Waals surface area contributed by atoms with Crippen LogP contribution in [0.25, 0.3) is 0 Å². The van der Waals surface area contributed by atoms with Crippen LogP contribution in [0, 0.1) is 5.41 Å². The Hall–Kier alpha value is -1.93. The Kier molecular flexibility index (Phi) is 18.2. The number of hydrogen-bond acceptors (Lipinski definition) is 6. The third-order valence-electron chi connectivity index (χ3n) is 8.77. The molecule has 0 bridgehead atoms. The molecule has 3 atom stereocenters. The van der Waals surface area contributed by atoms with Crippen molar-refractivity contribution in [1.29, 1.82) is 0 Å². The van der Waals surface area contributed by atoms with Crippen LogP contribution in [0.2, 0.25) is 0 Å². The molecule has 1 aliphatic carbocycles. The first-order chi connectivity index (χ1) is 21.0. The van der Waals surface area contributed by atoms with Gasteiger partial charge in [0.1, 0.15) is 12.2 Å². The molecule has 1 saturated heterocycles. The summed E-state index contributed by atoms with van der Waals surface area (Å²) >= 11 is 0. The van der Waals surface area contributed by atoms with E-state index < -0.39 is 17.3 Å². The molecule has 2 fully saturated rings. The van der Waals surface area contributed by atoms with Gasteiger partial charge in [-0.3, -0.25) is 14.4 Å². The monoisotopic (exact) mass is 620 g/mol. The summed E-state index contributed by atoms with van der Waals surface area (Å²) in [6.45, 7) is 10.3. The zero-order chi connectivity index (χ0) is 32.3. The van der Waals surface area contributed by atoms with Crippen LogP contribution in [0.3, 0.4) is 0 Å². The summed E-state index contributed by atoms with van der Waals surface area (Å²) in [7, 11) is 0. The smallest absolute Gasteiger partial charge is 0.307 e. The first-order valence-corrected chi connectivity index (χ1v) is 17.8. The maximum Gasteiger partial charge on any atom is 0.307 e. The van der Waals surface area contributed by atoms with Gasteiger partial charge in [-0.15, -0.1) is 0 Å². The quantitative estimate of drug-likeness (QED) is 0.0775. The van der Waals surface area contributed by atoms with Crippen molar-refractivity contribution in [2.45, 2.75) is 181 Å². The number of nitrogens with one attached hydrogen (secondary N) is 2. The Balaban J connectivity index is 1.55. The van der Waals surface area contributed by atoms with Gasteiger partial charge in [-0.25, -0.2) is 0 Å².